The highest BCUT2D eigenvalue weighted by molar-refractivity contribution is 6.13. The Morgan fingerprint density at radius 3 is 2.54 bits per heavy atom. The van der Waals surface area contributed by atoms with E-state index in [2.05, 4.69) is 5.32 Å². The van der Waals surface area contributed by atoms with Crippen molar-refractivity contribution in [3.8, 4) is 22.8 Å². The van der Waals surface area contributed by atoms with E-state index in [-0.39, 0.29) is 12.7 Å². The maximum atomic E-state index is 13.1. The van der Waals surface area contributed by atoms with Gasteiger partial charge in [-0.3, -0.25) is 4.79 Å². The largest absolute Gasteiger partial charge is 0.454 e. The minimum Gasteiger partial charge on any atom is -0.454 e. The van der Waals surface area contributed by atoms with Gasteiger partial charge in [-0.1, -0.05) is 48.5 Å². The van der Waals surface area contributed by atoms with Gasteiger partial charge in [0.05, 0.1) is 16.8 Å². The fourth-order valence-corrected chi connectivity index (χ4v) is 3.29. The molecule has 0 atom stereocenters. The summed E-state index contributed by atoms with van der Waals surface area (Å²) in [6.07, 6.45) is 0. The molecule has 0 radical (unpaired) electrons. The van der Waals surface area contributed by atoms with E-state index < -0.39 is 0 Å². The summed E-state index contributed by atoms with van der Waals surface area (Å²) in [7, 11) is 0. The van der Waals surface area contributed by atoms with Gasteiger partial charge in [0, 0.05) is 22.7 Å². The molecular formula is C23H16N2O3. The Morgan fingerprint density at radius 1 is 0.857 bits per heavy atom. The lowest BCUT2D eigenvalue weighted by Gasteiger charge is -2.11. The lowest BCUT2D eigenvalue weighted by molar-refractivity contribution is 0.102. The molecule has 0 unspecified atom stereocenters. The summed E-state index contributed by atoms with van der Waals surface area (Å²) in [5.74, 6) is 1.11. The standard InChI is InChI=1S/C23H16N2O3/c26-23(24-16-10-11-21-22(12-16)28-14-27-21)18-13-20(15-6-2-1-3-7-15)25-19-9-5-4-8-17(18)19/h1-13H,14H2,(H,24,26). The van der Waals surface area contributed by atoms with Crippen LogP contribution >= 0.6 is 0 Å². The van der Waals surface area contributed by atoms with Crippen LogP contribution < -0.4 is 14.8 Å². The Hall–Kier alpha value is -3.86. The molecule has 28 heavy (non-hydrogen) atoms. The zero-order valence-electron chi connectivity index (χ0n) is 14.9. The predicted octanol–water partition coefficient (Wildman–Crippen LogP) is 4.88. The Labute approximate surface area is 161 Å². The third-order valence-electron chi connectivity index (χ3n) is 4.66. The van der Waals surface area contributed by atoms with Gasteiger partial charge in [-0.25, -0.2) is 4.98 Å². The van der Waals surface area contributed by atoms with Crippen molar-refractivity contribution in [2.75, 3.05) is 12.1 Å². The SMILES string of the molecule is O=C(Nc1ccc2c(c1)OCO2)c1cc(-c2ccccc2)nc2ccccc12. The van der Waals surface area contributed by atoms with Crippen molar-refractivity contribution in [3.05, 3.63) is 84.4 Å². The Kier molecular flexibility index (Phi) is 3.91. The summed E-state index contributed by atoms with van der Waals surface area (Å²) < 4.78 is 10.7. The van der Waals surface area contributed by atoms with Crippen molar-refractivity contribution in [2.45, 2.75) is 0 Å². The van der Waals surface area contributed by atoms with Crippen LogP contribution in [0.5, 0.6) is 11.5 Å². The summed E-state index contributed by atoms with van der Waals surface area (Å²) in [6.45, 7) is 0.197. The number of nitrogens with one attached hydrogen (secondary N) is 1. The number of hydrogen-bond acceptors (Lipinski definition) is 4. The molecule has 0 spiro atoms. The molecule has 1 amide bonds. The van der Waals surface area contributed by atoms with Gasteiger partial charge in [0.15, 0.2) is 11.5 Å². The van der Waals surface area contributed by atoms with Crippen molar-refractivity contribution in [3.63, 3.8) is 0 Å². The van der Waals surface area contributed by atoms with E-state index in [0.717, 1.165) is 22.2 Å². The number of carbonyl (C=O) groups excluding carboxylic acids is 1. The van der Waals surface area contributed by atoms with Gasteiger partial charge in [0.1, 0.15) is 0 Å². The zero-order valence-corrected chi connectivity index (χ0v) is 14.9. The quantitative estimate of drug-likeness (QED) is 0.560. The number of fused-ring (bicyclic) bond motifs is 2. The summed E-state index contributed by atoms with van der Waals surface area (Å²) in [5.41, 5.74) is 3.72. The summed E-state index contributed by atoms with van der Waals surface area (Å²) >= 11 is 0. The van der Waals surface area contributed by atoms with Gasteiger partial charge in [0.25, 0.3) is 5.91 Å². The van der Waals surface area contributed by atoms with Crippen LogP contribution in [0.3, 0.4) is 0 Å². The second-order valence-corrected chi connectivity index (χ2v) is 6.46. The number of hydrogen-bond donors (Lipinski definition) is 1. The number of nitrogens with zero attached hydrogens (tertiary/aromatic N) is 1. The fourth-order valence-electron chi connectivity index (χ4n) is 3.29. The highest BCUT2D eigenvalue weighted by Gasteiger charge is 2.17. The van der Waals surface area contributed by atoms with Crippen molar-refractivity contribution >= 4 is 22.5 Å². The minimum atomic E-state index is -0.199. The van der Waals surface area contributed by atoms with E-state index in [1.54, 1.807) is 18.2 Å². The number of benzene rings is 3. The van der Waals surface area contributed by atoms with E-state index in [1.807, 2.05) is 60.7 Å². The molecule has 1 aliphatic rings. The lowest BCUT2D eigenvalue weighted by Crippen LogP contribution is -2.13. The zero-order chi connectivity index (χ0) is 18.9. The third kappa shape index (κ3) is 2.93. The van der Waals surface area contributed by atoms with Crippen LogP contribution in [-0.2, 0) is 0 Å². The van der Waals surface area contributed by atoms with E-state index in [4.69, 9.17) is 14.5 Å². The van der Waals surface area contributed by atoms with Gasteiger partial charge in [-0.05, 0) is 24.3 Å². The molecule has 3 aromatic carbocycles. The summed E-state index contributed by atoms with van der Waals surface area (Å²) in [6, 6.07) is 24.7. The van der Waals surface area contributed by atoms with Crippen LogP contribution in [-0.4, -0.2) is 17.7 Å². The average molecular weight is 368 g/mol. The topological polar surface area (TPSA) is 60.5 Å². The monoisotopic (exact) mass is 368 g/mol. The molecule has 136 valence electrons. The average Bonchev–Trinajstić information content (AvgIpc) is 3.21. The molecule has 5 nitrogen and oxygen atoms in total. The maximum absolute atomic E-state index is 13.1. The van der Waals surface area contributed by atoms with Crippen LogP contribution in [0.1, 0.15) is 10.4 Å². The lowest BCUT2D eigenvalue weighted by atomic mass is 10.0. The van der Waals surface area contributed by atoms with Crippen molar-refractivity contribution in [1.29, 1.82) is 0 Å². The van der Waals surface area contributed by atoms with E-state index >= 15 is 0 Å². The molecule has 0 aliphatic carbocycles. The van der Waals surface area contributed by atoms with Crippen molar-refractivity contribution < 1.29 is 14.3 Å². The highest BCUT2D eigenvalue weighted by Crippen LogP contribution is 2.34. The molecule has 0 saturated heterocycles. The molecule has 0 fully saturated rings. The molecular weight excluding hydrogens is 352 g/mol. The number of pyridine rings is 1. The molecule has 1 aromatic heterocycles. The number of amides is 1. The second-order valence-electron chi connectivity index (χ2n) is 6.46. The number of carbonyl (C=O) groups is 1. The van der Waals surface area contributed by atoms with E-state index in [0.29, 0.717) is 22.7 Å². The first-order valence-electron chi connectivity index (χ1n) is 8.94. The van der Waals surface area contributed by atoms with Gasteiger partial charge >= 0.3 is 0 Å². The Morgan fingerprint density at radius 2 is 1.64 bits per heavy atom. The molecule has 5 heteroatoms. The number of aromatic nitrogens is 1. The number of para-hydroxylation sites is 1. The molecule has 5 rings (SSSR count). The first-order chi connectivity index (χ1) is 13.8. The first kappa shape index (κ1) is 16.3. The predicted molar refractivity (Wildman–Crippen MR) is 108 cm³/mol. The smallest absolute Gasteiger partial charge is 0.256 e. The van der Waals surface area contributed by atoms with Crippen LogP contribution in [0.15, 0.2) is 78.9 Å². The van der Waals surface area contributed by atoms with Gasteiger partial charge < -0.3 is 14.8 Å². The van der Waals surface area contributed by atoms with Crippen LogP contribution in [0.25, 0.3) is 22.2 Å². The van der Waals surface area contributed by atoms with Crippen molar-refractivity contribution in [2.24, 2.45) is 0 Å². The Balaban J connectivity index is 1.56. The molecule has 0 bridgehead atoms. The minimum absolute atomic E-state index is 0.197. The van der Waals surface area contributed by atoms with Crippen molar-refractivity contribution in [1.82, 2.24) is 4.98 Å². The number of rotatable bonds is 3. The molecule has 1 N–H and O–H groups in total. The molecule has 0 saturated carbocycles. The van der Waals surface area contributed by atoms with Gasteiger partial charge in [-0.15, -0.1) is 0 Å². The molecule has 2 heterocycles. The fraction of sp³-hybridized carbons (Fsp3) is 0.0435. The normalized spacial score (nSPS) is 12.1. The van der Waals surface area contributed by atoms with E-state index in [1.165, 1.54) is 0 Å². The summed E-state index contributed by atoms with van der Waals surface area (Å²) in [5, 5.41) is 3.76. The van der Waals surface area contributed by atoms with Crippen LogP contribution in [0.2, 0.25) is 0 Å². The Bertz CT molecular complexity index is 1190. The number of anilines is 1. The number of ether oxygens (including phenoxy) is 2. The third-order valence-corrected chi connectivity index (χ3v) is 4.66. The molecule has 4 aromatic rings. The second kappa shape index (κ2) is 6.70. The highest BCUT2D eigenvalue weighted by atomic mass is 16.7. The van der Waals surface area contributed by atoms with Crippen LogP contribution in [0, 0.1) is 0 Å². The van der Waals surface area contributed by atoms with Crippen LogP contribution in [0.4, 0.5) is 5.69 Å². The first-order valence-corrected chi connectivity index (χ1v) is 8.94. The maximum Gasteiger partial charge on any atom is 0.256 e. The van der Waals surface area contributed by atoms with Gasteiger partial charge in [-0.2, -0.15) is 0 Å². The molecule has 1 aliphatic heterocycles. The van der Waals surface area contributed by atoms with Gasteiger partial charge in [0.2, 0.25) is 6.79 Å². The summed E-state index contributed by atoms with van der Waals surface area (Å²) in [4.78, 5) is 17.8. The van der Waals surface area contributed by atoms with E-state index in [9.17, 15) is 4.79 Å².